The summed E-state index contributed by atoms with van der Waals surface area (Å²) in [6.45, 7) is 8.48. The SMILES string of the molecule is COc1ccccc1C1/C(=C(\O)c2ccc(OCC(C)C)cc2)C(=O)C(=O)N1CCN1CCOCC1. The van der Waals surface area contributed by atoms with Crippen LogP contribution in [0.1, 0.15) is 31.0 Å². The Kier molecular flexibility index (Phi) is 8.28. The summed E-state index contributed by atoms with van der Waals surface area (Å²) in [7, 11) is 1.55. The molecule has 0 aliphatic carbocycles. The van der Waals surface area contributed by atoms with Crippen molar-refractivity contribution in [1.82, 2.24) is 9.80 Å². The first-order chi connectivity index (χ1) is 17.4. The maximum atomic E-state index is 13.3. The minimum atomic E-state index is -0.765. The molecule has 2 heterocycles. The third-order valence-corrected chi connectivity index (χ3v) is 6.45. The number of aliphatic hydroxyl groups excluding tert-OH is 1. The molecule has 36 heavy (non-hydrogen) atoms. The minimum absolute atomic E-state index is 0.0577. The Morgan fingerprint density at radius 3 is 2.42 bits per heavy atom. The van der Waals surface area contributed by atoms with Crippen LogP contribution in [0.15, 0.2) is 54.1 Å². The number of morpholine rings is 1. The van der Waals surface area contributed by atoms with Crippen molar-refractivity contribution in [2.24, 2.45) is 5.92 Å². The first-order valence-corrected chi connectivity index (χ1v) is 12.4. The number of likely N-dealkylation sites (tertiary alicyclic amines) is 1. The van der Waals surface area contributed by atoms with Gasteiger partial charge in [-0.25, -0.2) is 0 Å². The van der Waals surface area contributed by atoms with Gasteiger partial charge in [0, 0.05) is 37.3 Å². The van der Waals surface area contributed by atoms with Crippen molar-refractivity contribution in [3.63, 3.8) is 0 Å². The molecule has 1 atom stereocenters. The van der Waals surface area contributed by atoms with Crippen molar-refractivity contribution < 1.29 is 28.9 Å². The van der Waals surface area contributed by atoms with E-state index in [0.29, 0.717) is 61.5 Å². The molecular formula is C28H34N2O6. The van der Waals surface area contributed by atoms with Gasteiger partial charge >= 0.3 is 0 Å². The zero-order chi connectivity index (χ0) is 25.7. The van der Waals surface area contributed by atoms with Crippen molar-refractivity contribution in [3.8, 4) is 11.5 Å². The average molecular weight is 495 g/mol. The molecule has 2 saturated heterocycles. The van der Waals surface area contributed by atoms with Gasteiger partial charge in [-0.1, -0.05) is 32.0 Å². The number of Topliss-reactive ketones (excluding diaryl/α,β-unsaturated/α-hetero) is 1. The van der Waals surface area contributed by atoms with E-state index in [2.05, 4.69) is 18.7 Å². The van der Waals surface area contributed by atoms with Crippen LogP contribution in [0.4, 0.5) is 0 Å². The second kappa shape index (κ2) is 11.6. The molecule has 2 aromatic carbocycles. The fourth-order valence-electron chi connectivity index (χ4n) is 4.53. The highest BCUT2D eigenvalue weighted by atomic mass is 16.5. The summed E-state index contributed by atoms with van der Waals surface area (Å²) in [5, 5.41) is 11.3. The second-order valence-electron chi connectivity index (χ2n) is 9.42. The minimum Gasteiger partial charge on any atom is -0.507 e. The largest absolute Gasteiger partial charge is 0.507 e. The topological polar surface area (TPSA) is 88.5 Å². The molecule has 4 rings (SSSR count). The molecule has 0 aromatic heterocycles. The molecule has 2 aliphatic heterocycles. The second-order valence-corrected chi connectivity index (χ2v) is 9.42. The highest BCUT2D eigenvalue weighted by molar-refractivity contribution is 6.46. The molecule has 0 spiro atoms. The van der Waals surface area contributed by atoms with Gasteiger partial charge in [0.25, 0.3) is 11.7 Å². The van der Waals surface area contributed by atoms with Gasteiger partial charge in [-0.3, -0.25) is 14.5 Å². The Morgan fingerprint density at radius 2 is 1.75 bits per heavy atom. The Hall–Kier alpha value is -3.36. The van der Waals surface area contributed by atoms with Crippen LogP contribution in [0, 0.1) is 5.92 Å². The van der Waals surface area contributed by atoms with E-state index in [1.807, 2.05) is 18.2 Å². The first kappa shape index (κ1) is 25.7. The Morgan fingerprint density at radius 1 is 1.06 bits per heavy atom. The molecular weight excluding hydrogens is 460 g/mol. The molecule has 0 saturated carbocycles. The lowest BCUT2D eigenvalue weighted by Gasteiger charge is -2.31. The number of rotatable bonds is 9. The van der Waals surface area contributed by atoms with Gasteiger partial charge in [-0.15, -0.1) is 0 Å². The monoisotopic (exact) mass is 494 g/mol. The lowest BCUT2D eigenvalue weighted by atomic mass is 9.94. The molecule has 2 aliphatic rings. The number of para-hydroxylation sites is 1. The average Bonchev–Trinajstić information content (AvgIpc) is 3.16. The highest BCUT2D eigenvalue weighted by Gasteiger charge is 2.47. The van der Waals surface area contributed by atoms with Crippen LogP contribution in [0.25, 0.3) is 5.76 Å². The number of amides is 1. The van der Waals surface area contributed by atoms with E-state index in [4.69, 9.17) is 14.2 Å². The van der Waals surface area contributed by atoms with Gasteiger partial charge in [-0.2, -0.15) is 0 Å². The van der Waals surface area contributed by atoms with Crippen molar-refractivity contribution in [3.05, 3.63) is 65.2 Å². The van der Waals surface area contributed by atoms with E-state index in [0.717, 1.165) is 13.1 Å². The molecule has 1 amide bonds. The van der Waals surface area contributed by atoms with Gasteiger partial charge < -0.3 is 24.2 Å². The summed E-state index contributed by atoms with van der Waals surface area (Å²) in [6.07, 6.45) is 0. The standard InChI is InChI=1S/C28H34N2O6/c1-19(2)18-36-21-10-8-20(9-11-21)26(31)24-25(22-6-4-5-7-23(22)34-3)30(28(33)27(24)32)13-12-29-14-16-35-17-15-29/h4-11,19,25,31H,12-18H2,1-3H3/b26-24+. The van der Waals surface area contributed by atoms with E-state index < -0.39 is 17.7 Å². The van der Waals surface area contributed by atoms with E-state index >= 15 is 0 Å². The molecule has 8 heteroatoms. The van der Waals surface area contributed by atoms with Gasteiger partial charge in [-0.05, 0) is 36.2 Å². The molecule has 0 bridgehead atoms. The molecule has 192 valence electrons. The van der Waals surface area contributed by atoms with Crippen LogP contribution in [-0.2, 0) is 14.3 Å². The van der Waals surface area contributed by atoms with Crippen molar-refractivity contribution in [2.45, 2.75) is 19.9 Å². The zero-order valence-corrected chi connectivity index (χ0v) is 21.1. The number of ether oxygens (including phenoxy) is 3. The molecule has 0 radical (unpaired) electrons. The van der Waals surface area contributed by atoms with Gasteiger partial charge in [0.1, 0.15) is 17.3 Å². The molecule has 1 N–H and O–H groups in total. The van der Waals surface area contributed by atoms with Gasteiger partial charge in [0.2, 0.25) is 0 Å². The molecule has 8 nitrogen and oxygen atoms in total. The van der Waals surface area contributed by atoms with Crippen molar-refractivity contribution in [1.29, 1.82) is 0 Å². The maximum absolute atomic E-state index is 13.3. The number of nitrogens with zero attached hydrogens (tertiary/aromatic N) is 2. The van der Waals surface area contributed by atoms with E-state index in [1.165, 1.54) is 0 Å². The maximum Gasteiger partial charge on any atom is 0.295 e. The van der Waals surface area contributed by atoms with Gasteiger partial charge in [0.15, 0.2) is 0 Å². The van der Waals surface area contributed by atoms with E-state index in [9.17, 15) is 14.7 Å². The molecule has 1 unspecified atom stereocenters. The summed E-state index contributed by atoms with van der Waals surface area (Å²) in [4.78, 5) is 30.3. The lowest BCUT2D eigenvalue weighted by Crippen LogP contribution is -2.42. The van der Waals surface area contributed by atoms with Crippen LogP contribution < -0.4 is 9.47 Å². The zero-order valence-electron chi connectivity index (χ0n) is 21.1. The quantitative estimate of drug-likeness (QED) is 0.324. The summed E-state index contributed by atoms with van der Waals surface area (Å²) in [5.74, 6) is 0.0561. The Bertz CT molecular complexity index is 1110. The number of carbonyl (C=O) groups is 2. The summed E-state index contributed by atoms with van der Waals surface area (Å²) in [6, 6.07) is 13.4. The highest BCUT2D eigenvalue weighted by Crippen LogP contribution is 2.42. The number of aliphatic hydroxyl groups is 1. The number of hydrogen-bond donors (Lipinski definition) is 1. The Labute approximate surface area is 212 Å². The number of benzene rings is 2. The smallest absolute Gasteiger partial charge is 0.295 e. The fourth-order valence-corrected chi connectivity index (χ4v) is 4.53. The predicted molar refractivity (Wildman–Crippen MR) is 136 cm³/mol. The summed E-state index contributed by atoms with van der Waals surface area (Å²) in [5.41, 5.74) is 1.15. The third kappa shape index (κ3) is 5.55. The normalized spacial score (nSPS) is 20.2. The van der Waals surface area contributed by atoms with Crippen LogP contribution >= 0.6 is 0 Å². The van der Waals surface area contributed by atoms with Gasteiger partial charge in [0.05, 0.1) is 38.5 Å². The summed E-state index contributed by atoms with van der Waals surface area (Å²) >= 11 is 0. The lowest BCUT2D eigenvalue weighted by molar-refractivity contribution is -0.140. The molecule has 2 fully saturated rings. The van der Waals surface area contributed by atoms with Crippen molar-refractivity contribution in [2.75, 3.05) is 53.1 Å². The van der Waals surface area contributed by atoms with E-state index in [-0.39, 0.29) is 11.3 Å². The number of ketones is 1. The van der Waals surface area contributed by atoms with Crippen LogP contribution in [0.5, 0.6) is 11.5 Å². The fraction of sp³-hybridized carbons (Fsp3) is 0.429. The van der Waals surface area contributed by atoms with Crippen LogP contribution in [0.3, 0.4) is 0 Å². The van der Waals surface area contributed by atoms with Crippen LogP contribution in [-0.4, -0.2) is 79.7 Å². The number of methoxy groups -OCH3 is 1. The first-order valence-electron chi connectivity index (χ1n) is 12.4. The van der Waals surface area contributed by atoms with Crippen LogP contribution in [0.2, 0.25) is 0 Å². The Balaban J connectivity index is 1.70. The third-order valence-electron chi connectivity index (χ3n) is 6.45. The van der Waals surface area contributed by atoms with E-state index in [1.54, 1.807) is 42.3 Å². The summed E-state index contributed by atoms with van der Waals surface area (Å²) < 4.78 is 16.7. The number of carbonyl (C=O) groups excluding carboxylic acids is 2. The molecule has 2 aromatic rings. The predicted octanol–water partition coefficient (Wildman–Crippen LogP) is 3.48. The van der Waals surface area contributed by atoms with Crippen molar-refractivity contribution >= 4 is 17.4 Å². The number of hydrogen-bond acceptors (Lipinski definition) is 7.